The van der Waals surface area contributed by atoms with Crippen molar-refractivity contribution in [1.82, 2.24) is 0 Å². The van der Waals surface area contributed by atoms with E-state index in [0.717, 1.165) is 4.47 Å². The lowest BCUT2D eigenvalue weighted by Crippen LogP contribution is -1.84. The van der Waals surface area contributed by atoms with Crippen LogP contribution in [0.4, 0.5) is 0 Å². The summed E-state index contributed by atoms with van der Waals surface area (Å²) in [5.41, 5.74) is 0. The Hall–Kier alpha value is -0.470. The van der Waals surface area contributed by atoms with E-state index in [-0.39, 0.29) is 5.22 Å². The van der Waals surface area contributed by atoms with Crippen molar-refractivity contribution in [3.8, 4) is 5.75 Å². The Bertz CT molecular complexity index is 255. The Morgan fingerprint density at radius 3 is 2.36 bits per heavy atom. The molecule has 0 saturated carbocycles. The summed E-state index contributed by atoms with van der Waals surface area (Å²) in [6.45, 7) is 3.40. The van der Waals surface area contributed by atoms with Crippen molar-refractivity contribution in [2.24, 2.45) is 0 Å². The molecule has 0 aromatic heterocycles. The lowest BCUT2D eigenvalue weighted by atomic mass is 10.3. The molecule has 0 atom stereocenters. The van der Waals surface area contributed by atoms with Gasteiger partial charge in [0.15, 0.2) is 5.22 Å². The van der Waals surface area contributed by atoms with E-state index in [9.17, 15) is 0 Å². The molecule has 1 rings (SSSR count). The molecule has 1 aromatic carbocycles. The van der Waals surface area contributed by atoms with Crippen LogP contribution in [-0.2, 0) is 0 Å². The fourth-order valence-electron chi connectivity index (χ4n) is 0.631. The van der Waals surface area contributed by atoms with Gasteiger partial charge in [-0.1, -0.05) is 15.9 Å². The smallest absolute Gasteiger partial charge is 0.186 e. The summed E-state index contributed by atoms with van der Waals surface area (Å²) in [6, 6.07) is 7.35. The summed E-state index contributed by atoms with van der Waals surface area (Å²) in [6.07, 6.45) is 0. The number of ether oxygens (including phenoxy) is 1. The zero-order chi connectivity index (χ0) is 8.27. The lowest BCUT2D eigenvalue weighted by Gasteiger charge is -2.01. The van der Waals surface area contributed by atoms with Crippen LogP contribution in [0.5, 0.6) is 5.75 Å². The van der Waals surface area contributed by atoms with Crippen molar-refractivity contribution in [2.45, 2.75) is 0 Å². The van der Waals surface area contributed by atoms with Crippen LogP contribution in [0.25, 0.3) is 0 Å². The van der Waals surface area contributed by atoms with Crippen molar-refractivity contribution in [3.05, 3.63) is 40.5 Å². The van der Waals surface area contributed by atoms with Crippen LogP contribution in [0, 0.1) is 0 Å². The van der Waals surface area contributed by atoms with E-state index in [1.54, 1.807) is 12.1 Å². The monoisotopic (exact) mass is 232 g/mol. The normalized spacial score (nSPS) is 9.27. The first-order valence-corrected chi connectivity index (χ1v) is 4.13. The molecule has 0 fully saturated rings. The lowest BCUT2D eigenvalue weighted by molar-refractivity contribution is 0.465. The van der Waals surface area contributed by atoms with Gasteiger partial charge >= 0.3 is 0 Å². The van der Waals surface area contributed by atoms with Crippen LogP contribution in [0.15, 0.2) is 40.5 Å². The van der Waals surface area contributed by atoms with Gasteiger partial charge in [0.05, 0.1) is 0 Å². The van der Waals surface area contributed by atoms with E-state index in [0.29, 0.717) is 5.75 Å². The topological polar surface area (TPSA) is 9.23 Å². The summed E-state index contributed by atoms with van der Waals surface area (Å²) in [5, 5.41) is 0.173. The Balaban J connectivity index is 2.74. The van der Waals surface area contributed by atoms with Crippen molar-refractivity contribution < 1.29 is 4.74 Å². The standard InChI is InChI=1S/C8H6BrClO/c1-6(10)11-8-4-2-7(9)3-5-8/h2-5H,1H2. The molecule has 0 N–H and O–H groups in total. The molecule has 0 aliphatic carbocycles. The van der Waals surface area contributed by atoms with Gasteiger partial charge in [0.1, 0.15) is 5.75 Å². The highest BCUT2D eigenvalue weighted by Gasteiger charge is 1.93. The molecule has 0 amide bonds. The summed E-state index contributed by atoms with van der Waals surface area (Å²) < 4.78 is 6.02. The summed E-state index contributed by atoms with van der Waals surface area (Å²) in [4.78, 5) is 0. The predicted octanol–water partition coefficient (Wildman–Crippen LogP) is 3.54. The van der Waals surface area contributed by atoms with Gasteiger partial charge in [-0.25, -0.2) is 0 Å². The van der Waals surface area contributed by atoms with Gasteiger partial charge in [-0.05, 0) is 42.4 Å². The van der Waals surface area contributed by atoms with Crippen LogP contribution in [0.1, 0.15) is 0 Å². The molecule has 0 radical (unpaired) electrons. The molecule has 58 valence electrons. The molecule has 1 nitrogen and oxygen atoms in total. The van der Waals surface area contributed by atoms with Crippen molar-refractivity contribution in [2.75, 3.05) is 0 Å². The SMILES string of the molecule is C=C(Cl)Oc1ccc(Br)cc1. The molecule has 0 saturated heterocycles. The second-order valence-corrected chi connectivity index (χ2v) is 3.25. The molecule has 0 aliphatic rings. The third-order valence-corrected chi connectivity index (χ3v) is 1.65. The van der Waals surface area contributed by atoms with E-state index in [1.165, 1.54) is 0 Å². The summed E-state index contributed by atoms with van der Waals surface area (Å²) in [7, 11) is 0. The van der Waals surface area contributed by atoms with Gasteiger partial charge in [-0.3, -0.25) is 0 Å². The largest absolute Gasteiger partial charge is 0.446 e. The van der Waals surface area contributed by atoms with Crippen LogP contribution < -0.4 is 4.74 Å². The van der Waals surface area contributed by atoms with Crippen molar-refractivity contribution >= 4 is 27.5 Å². The van der Waals surface area contributed by atoms with Gasteiger partial charge in [0.2, 0.25) is 0 Å². The van der Waals surface area contributed by atoms with E-state index in [2.05, 4.69) is 22.5 Å². The first kappa shape index (κ1) is 8.62. The highest BCUT2D eigenvalue weighted by molar-refractivity contribution is 9.10. The first-order chi connectivity index (χ1) is 5.18. The number of benzene rings is 1. The average molecular weight is 233 g/mol. The van der Waals surface area contributed by atoms with Gasteiger partial charge in [-0.15, -0.1) is 0 Å². The fourth-order valence-corrected chi connectivity index (χ4v) is 0.984. The third-order valence-electron chi connectivity index (χ3n) is 1.04. The Labute approximate surface area is 78.8 Å². The first-order valence-electron chi connectivity index (χ1n) is 2.96. The maximum Gasteiger partial charge on any atom is 0.186 e. The van der Waals surface area contributed by atoms with Crippen LogP contribution in [0.3, 0.4) is 0 Å². The van der Waals surface area contributed by atoms with Gasteiger partial charge < -0.3 is 4.74 Å². The highest BCUT2D eigenvalue weighted by Crippen LogP contribution is 2.18. The molecular weight excluding hydrogens is 227 g/mol. The minimum absolute atomic E-state index is 0.173. The second-order valence-electron chi connectivity index (χ2n) is 1.91. The van der Waals surface area contributed by atoms with E-state index < -0.39 is 0 Å². The van der Waals surface area contributed by atoms with Crippen LogP contribution in [-0.4, -0.2) is 0 Å². The van der Waals surface area contributed by atoms with Gasteiger partial charge in [-0.2, -0.15) is 0 Å². The van der Waals surface area contributed by atoms with E-state index in [4.69, 9.17) is 16.3 Å². The van der Waals surface area contributed by atoms with Crippen molar-refractivity contribution in [3.63, 3.8) is 0 Å². The maximum absolute atomic E-state index is 5.42. The molecule has 0 heterocycles. The minimum Gasteiger partial charge on any atom is -0.446 e. The number of hydrogen-bond acceptors (Lipinski definition) is 1. The average Bonchev–Trinajstić information content (AvgIpc) is 1.93. The third kappa shape index (κ3) is 2.95. The minimum atomic E-state index is 0.173. The second kappa shape index (κ2) is 3.79. The highest BCUT2D eigenvalue weighted by atomic mass is 79.9. The molecular formula is C8H6BrClO. The van der Waals surface area contributed by atoms with E-state index in [1.807, 2.05) is 12.1 Å². The van der Waals surface area contributed by atoms with Crippen LogP contribution >= 0.6 is 27.5 Å². The Morgan fingerprint density at radius 2 is 1.91 bits per heavy atom. The molecule has 11 heavy (non-hydrogen) atoms. The molecule has 1 aromatic rings. The molecule has 3 heteroatoms. The van der Waals surface area contributed by atoms with Crippen molar-refractivity contribution in [1.29, 1.82) is 0 Å². The molecule has 0 aliphatic heterocycles. The van der Waals surface area contributed by atoms with E-state index >= 15 is 0 Å². The van der Waals surface area contributed by atoms with Crippen LogP contribution in [0.2, 0.25) is 0 Å². The number of rotatable bonds is 2. The zero-order valence-corrected chi connectivity index (χ0v) is 8.02. The number of hydrogen-bond donors (Lipinski definition) is 0. The summed E-state index contributed by atoms with van der Waals surface area (Å²) in [5.74, 6) is 0.688. The maximum atomic E-state index is 5.42. The van der Waals surface area contributed by atoms with Gasteiger partial charge in [0, 0.05) is 4.47 Å². The quantitative estimate of drug-likeness (QED) is 0.710. The number of halogens is 2. The summed E-state index contributed by atoms with van der Waals surface area (Å²) >= 11 is 8.72. The molecule has 0 bridgehead atoms. The predicted molar refractivity (Wildman–Crippen MR) is 49.8 cm³/mol. The Kier molecular flexibility index (Phi) is 2.97. The fraction of sp³-hybridized carbons (Fsp3) is 0. The molecule has 0 spiro atoms. The van der Waals surface area contributed by atoms with Gasteiger partial charge in [0.25, 0.3) is 0 Å². The Morgan fingerprint density at radius 1 is 1.36 bits per heavy atom. The molecule has 0 unspecified atom stereocenters. The zero-order valence-electron chi connectivity index (χ0n) is 5.68.